The topological polar surface area (TPSA) is 68.3 Å². The molecule has 19 heavy (non-hydrogen) atoms. The fraction of sp³-hybridized carbons (Fsp3) is 0.429. The molecule has 5 heteroatoms. The summed E-state index contributed by atoms with van der Waals surface area (Å²) in [5, 5.41) is 6.72. The zero-order valence-electron chi connectivity index (χ0n) is 11.6. The van der Waals surface area contributed by atoms with Gasteiger partial charge in [-0.1, -0.05) is 25.9 Å². The molecule has 2 rings (SSSR count). The molecule has 5 nitrogen and oxygen atoms in total. The summed E-state index contributed by atoms with van der Waals surface area (Å²) in [6.07, 6.45) is 1.57. The molecule has 0 saturated heterocycles. The molecule has 0 aliphatic heterocycles. The van der Waals surface area contributed by atoms with Gasteiger partial charge in [-0.05, 0) is 19.1 Å². The van der Waals surface area contributed by atoms with Crippen LogP contribution in [0.15, 0.2) is 33.4 Å². The van der Waals surface area contributed by atoms with Crippen LogP contribution in [0.2, 0.25) is 0 Å². The minimum Gasteiger partial charge on any atom is -0.467 e. The standard InChI is InChI=1S/C14H18N2O3/c1-9(10-6-5-7-18-10)15-13(17)11-8-12(16-19-11)14(2,3)4/h5-9H,1-4H3,(H,15,17)/t9-/m1/s1. The highest BCUT2D eigenvalue weighted by Gasteiger charge is 2.23. The first-order valence-electron chi connectivity index (χ1n) is 6.19. The first-order valence-corrected chi connectivity index (χ1v) is 6.19. The maximum absolute atomic E-state index is 12.0. The first-order chi connectivity index (χ1) is 8.88. The van der Waals surface area contributed by atoms with Crippen molar-refractivity contribution in [2.24, 2.45) is 0 Å². The Bertz CT molecular complexity index is 550. The van der Waals surface area contributed by atoms with E-state index >= 15 is 0 Å². The van der Waals surface area contributed by atoms with Gasteiger partial charge in [0.15, 0.2) is 0 Å². The van der Waals surface area contributed by atoms with Crippen LogP contribution in [-0.4, -0.2) is 11.1 Å². The molecule has 1 amide bonds. The van der Waals surface area contributed by atoms with Gasteiger partial charge in [0, 0.05) is 11.5 Å². The van der Waals surface area contributed by atoms with Crippen molar-refractivity contribution in [2.45, 2.75) is 39.2 Å². The molecule has 102 valence electrons. The highest BCUT2D eigenvalue weighted by molar-refractivity contribution is 5.91. The Morgan fingerprint density at radius 3 is 2.68 bits per heavy atom. The van der Waals surface area contributed by atoms with E-state index in [4.69, 9.17) is 8.94 Å². The van der Waals surface area contributed by atoms with E-state index in [1.165, 1.54) is 0 Å². The van der Waals surface area contributed by atoms with Crippen LogP contribution in [0.25, 0.3) is 0 Å². The monoisotopic (exact) mass is 262 g/mol. The molecule has 2 heterocycles. The molecular formula is C14H18N2O3. The second kappa shape index (κ2) is 4.91. The fourth-order valence-electron chi connectivity index (χ4n) is 1.61. The summed E-state index contributed by atoms with van der Waals surface area (Å²) in [6, 6.07) is 5.05. The van der Waals surface area contributed by atoms with E-state index in [2.05, 4.69) is 10.5 Å². The van der Waals surface area contributed by atoms with Gasteiger partial charge in [0.2, 0.25) is 5.76 Å². The van der Waals surface area contributed by atoms with Gasteiger partial charge in [0.05, 0.1) is 18.0 Å². The van der Waals surface area contributed by atoms with Crippen molar-refractivity contribution < 1.29 is 13.7 Å². The molecule has 0 saturated carbocycles. The molecule has 0 unspecified atom stereocenters. The summed E-state index contributed by atoms with van der Waals surface area (Å²) in [5.41, 5.74) is 0.609. The average Bonchev–Trinajstić information content (AvgIpc) is 3.00. The molecule has 0 aromatic carbocycles. The van der Waals surface area contributed by atoms with Crippen molar-refractivity contribution in [2.75, 3.05) is 0 Å². The van der Waals surface area contributed by atoms with Gasteiger partial charge in [-0.15, -0.1) is 0 Å². The third-order valence-electron chi connectivity index (χ3n) is 2.82. The lowest BCUT2D eigenvalue weighted by atomic mass is 9.92. The fourth-order valence-corrected chi connectivity index (χ4v) is 1.61. The van der Waals surface area contributed by atoms with E-state index in [-0.39, 0.29) is 23.1 Å². The van der Waals surface area contributed by atoms with Crippen LogP contribution in [0.1, 0.15) is 55.7 Å². The zero-order valence-corrected chi connectivity index (χ0v) is 11.6. The van der Waals surface area contributed by atoms with Crippen LogP contribution in [0, 0.1) is 0 Å². The summed E-state index contributed by atoms with van der Waals surface area (Å²) in [6.45, 7) is 7.88. The van der Waals surface area contributed by atoms with E-state index in [9.17, 15) is 4.79 Å². The predicted molar refractivity (Wildman–Crippen MR) is 69.8 cm³/mol. The number of nitrogens with one attached hydrogen (secondary N) is 1. The molecule has 1 atom stereocenters. The number of amides is 1. The number of aromatic nitrogens is 1. The van der Waals surface area contributed by atoms with Gasteiger partial charge in [-0.3, -0.25) is 4.79 Å². The van der Waals surface area contributed by atoms with Crippen molar-refractivity contribution in [1.29, 1.82) is 0 Å². The van der Waals surface area contributed by atoms with Crippen molar-refractivity contribution in [1.82, 2.24) is 10.5 Å². The Hall–Kier alpha value is -2.04. The lowest BCUT2D eigenvalue weighted by Gasteiger charge is -2.12. The van der Waals surface area contributed by atoms with E-state index in [0.29, 0.717) is 5.76 Å². The van der Waals surface area contributed by atoms with Gasteiger partial charge in [0.25, 0.3) is 5.91 Å². The molecular weight excluding hydrogens is 244 g/mol. The molecule has 0 spiro atoms. The van der Waals surface area contributed by atoms with Crippen LogP contribution in [0.5, 0.6) is 0 Å². The Labute approximate surface area is 112 Å². The van der Waals surface area contributed by atoms with E-state index in [1.807, 2.05) is 33.8 Å². The third-order valence-corrected chi connectivity index (χ3v) is 2.82. The maximum Gasteiger partial charge on any atom is 0.290 e. The number of carbonyl (C=O) groups is 1. The summed E-state index contributed by atoms with van der Waals surface area (Å²) in [7, 11) is 0. The summed E-state index contributed by atoms with van der Waals surface area (Å²) < 4.78 is 10.3. The SMILES string of the molecule is C[C@@H](NC(=O)c1cc(C(C)(C)C)no1)c1ccco1. The number of nitrogens with zero attached hydrogens (tertiary/aromatic N) is 1. The van der Waals surface area contributed by atoms with E-state index in [1.54, 1.807) is 18.4 Å². The van der Waals surface area contributed by atoms with Gasteiger partial charge in [0.1, 0.15) is 5.76 Å². The molecule has 1 N–H and O–H groups in total. The first kappa shape index (κ1) is 13.4. The van der Waals surface area contributed by atoms with Crippen LogP contribution in [-0.2, 0) is 5.41 Å². The Balaban J connectivity index is 2.06. The van der Waals surface area contributed by atoms with Gasteiger partial charge in [-0.2, -0.15) is 0 Å². The lowest BCUT2D eigenvalue weighted by Crippen LogP contribution is -2.26. The zero-order chi connectivity index (χ0) is 14.0. The Morgan fingerprint density at radius 2 is 2.16 bits per heavy atom. The second-order valence-electron chi connectivity index (χ2n) is 5.54. The smallest absolute Gasteiger partial charge is 0.290 e. The molecule has 0 aliphatic rings. The molecule has 0 fully saturated rings. The summed E-state index contributed by atoms with van der Waals surface area (Å²) in [5.74, 6) is 0.610. The van der Waals surface area contributed by atoms with Gasteiger partial charge >= 0.3 is 0 Å². The molecule has 2 aromatic heterocycles. The molecule has 0 bridgehead atoms. The van der Waals surface area contributed by atoms with E-state index in [0.717, 1.165) is 5.69 Å². The summed E-state index contributed by atoms with van der Waals surface area (Å²) >= 11 is 0. The lowest BCUT2D eigenvalue weighted by molar-refractivity contribution is 0.0897. The summed E-state index contributed by atoms with van der Waals surface area (Å²) in [4.78, 5) is 12.0. The second-order valence-corrected chi connectivity index (χ2v) is 5.54. The average molecular weight is 262 g/mol. The van der Waals surface area contributed by atoms with Crippen LogP contribution < -0.4 is 5.32 Å². The number of rotatable bonds is 3. The number of furan rings is 1. The molecule has 0 radical (unpaired) electrons. The Kier molecular flexibility index (Phi) is 3.46. The third kappa shape index (κ3) is 3.05. The van der Waals surface area contributed by atoms with Crippen LogP contribution >= 0.6 is 0 Å². The van der Waals surface area contributed by atoms with Gasteiger partial charge in [-0.25, -0.2) is 0 Å². The Morgan fingerprint density at radius 1 is 1.42 bits per heavy atom. The van der Waals surface area contributed by atoms with Crippen molar-refractivity contribution in [3.63, 3.8) is 0 Å². The molecule has 2 aromatic rings. The van der Waals surface area contributed by atoms with Crippen molar-refractivity contribution in [3.05, 3.63) is 41.7 Å². The minimum atomic E-state index is -0.299. The highest BCUT2D eigenvalue weighted by Crippen LogP contribution is 2.22. The maximum atomic E-state index is 12.0. The van der Waals surface area contributed by atoms with E-state index < -0.39 is 0 Å². The number of hydrogen-bond donors (Lipinski definition) is 1. The minimum absolute atomic E-state index is 0.144. The van der Waals surface area contributed by atoms with Crippen molar-refractivity contribution in [3.8, 4) is 0 Å². The normalized spacial score (nSPS) is 13.3. The number of carbonyl (C=O) groups excluding carboxylic acids is 1. The van der Waals surface area contributed by atoms with Crippen LogP contribution in [0.4, 0.5) is 0 Å². The number of hydrogen-bond acceptors (Lipinski definition) is 4. The van der Waals surface area contributed by atoms with Crippen LogP contribution in [0.3, 0.4) is 0 Å². The quantitative estimate of drug-likeness (QED) is 0.923. The molecule has 0 aliphatic carbocycles. The predicted octanol–water partition coefficient (Wildman–Crippen LogP) is 3.06. The van der Waals surface area contributed by atoms with Gasteiger partial charge < -0.3 is 14.3 Å². The van der Waals surface area contributed by atoms with Crippen molar-refractivity contribution >= 4 is 5.91 Å². The largest absolute Gasteiger partial charge is 0.467 e. The highest BCUT2D eigenvalue weighted by atomic mass is 16.5.